The van der Waals surface area contributed by atoms with Gasteiger partial charge in [-0.1, -0.05) is 32.9 Å². The van der Waals surface area contributed by atoms with E-state index in [-0.39, 0.29) is 12.5 Å². The van der Waals surface area contributed by atoms with E-state index in [2.05, 4.69) is 36.3 Å². The van der Waals surface area contributed by atoms with Gasteiger partial charge in [0.25, 0.3) is 5.91 Å². The summed E-state index contributed by atoms with van der Waals surface area (Å²) in [5, 5.41) is 4.34. The van der Waals surface area contributed by atoms with Gasteiger partial charge in [-0.15, -0.1) is 0 Å². The van der Waals surface area contributed by atoms with Crippen molar-refractivity contribution < 1.29 is 4.79 Å². The number of benzene rings is 1. The Balaban J connectivity index is 1.55. The molecule has 1 heterocycles. The van der Waals surface area contributed by atoms with E-state index in [9.17, 15) is 4.79 Å². The molecule has 1 amide bonds. The number of nitrogens with zero attached hydrogens (tertiary/aromatic N) is 3. The second-order valence-electron chi connectivity index (χ2n) is 7.71. The van der Waals surface area contributed by atoms with Crippen molar-refractivity contribution in [2.24, 2.45) is 16.4 Å². The van der Waals surface area contributed by atoms with Crippen LogP contribution >= 0.6 is 0 Å². The highest BCUT2D eigenvalue weighted by Crippen LogP contribution is 2.36. The van der Waals surface area contributed by atoms with Gasteiger partial charge in [0.2, 0.25) is 0 Å². The van der Waals surface area contributed by atoms with E-state index in [0.29, 0.717) is 5.41 Å². The Morgan fingerprint density at radius 3 is 2.71 bits per heavy atom. The summed E-state index contributed by atoms with van der Waals surface area (Å²) >= 11 is 0. The fourth-order valence-electron chi connectivity index (χ4n) is 3.40. The molecule has 5 nitrogen and oxygen atoms in total. The average Bonchev–Trinajstić information content (AvgIpc) is 2.96. The van der Waals surface area contributed by atoms with Gasteiger partial charge in [0.15, 0.2) is 0 Å². The quantitative estimate of drug-likeness (QED) is 0.873. The van der Waals surface area contributed by atoms with Crippen molar-refractivity contribution in [2.75, 3.05) is 0 Å². The molecule has 0 bridgehead atoms. The lowest BCUT2D eigenvalue weighted by molar-refractivity contribution is -0.121. The zero-order valence-corrected chi connectivity index (χ0v) is 14.7. The summed E-state index contributed by atoms with van der Waals surface area (Å²) in [6.07, 6.45) is 5.98. The van der Waals surface area contributed by atoms with E-state index in [1.807, 2.05) is 28.8 Å². The summed E-state index contributed by atoms with van der Waals surface area (Å²) in [6.45, 7) is 7.15. The first kappa shape index (κ1) is 16.7. The smallest absolute Gasteiger partial charge is 0.260 e. The van der Waals surface area contributed by atoms with Gasteiger partial charge in [0.05, 0.1) is 17.4 Å². The minimum atomic E-state index is -0.108. The number of fused-ring (bicyclic) bond motifs is 1. The molecular weight excluding hydrogens is 300 g/mol. The molecule has 1 N–H and O–H groups in total. The summed E-state index contributed by atoms with van der Waals surface area (Å²) in [4.78, 5) is 16.5. The van der Waals surface area contributed by atoms with E-state index in [1.165, 1.54) is 0 Å². The van der Waals surface area contributed by atoms with Gasteiger partial charge in [-0.25, -0.2) is 10.4 Å². The Bertz CT molecular complexity index is 744. The number of carbonyl (C=O) groups is 1. The SMILES string of the molecule is CC(C)(C)C1CCC(=NNC(=O)Cn2cnc3ccccc32)CC1. The minimum absolute atomic E-state index is 0.108. The van der Waals surface area contributed by atoms with Crippen LogP contribution in [0.2, 0.25) is 0 Å². The number of aromatic nitrogens is 2. The van der Waals surface area contributed by atoms with Crippen LogP contribution in [0.3, 0.4) is 0 Å². The molecule has 128 valence electrons. The maximum absolute atomic E-state index is 12.2. The number of amides is 1. The fourth-order valence-corrected chi connectivity index (χ4v) is 3.40. The molecule has 1 saturated carbocycles. The lowest BCUT2D eigenvalue weighted by Gasteiger charge is -2.34. The van der Waals surface area contributed by atoms with Crippen molar-refractivity contribution in [3.63, 3.8) is 0 Å². The number of nitrogens with one attached hydrogen (secondary N) is 1. The Hall–Kier alpha value is -2.17. The van der Waals surface area contributed by atoms with Crippen LogP contribution in [-0.4, -0.2) is 21.2 Å². The Kier molecular flexibility index (Phi) is 4.69. The Labute approximate surface area is 143 Å². The fraction of sp³-hybridized carbons (Fsp3) is 0.526. The van der Waals surface area contributed by atoms with Gasteiger partial charge >= 0.3 is 0 Å². The highest BCUT2D eigenvalue weighted by Gasteiger charge is 2.28. The van der Waals surface area contributed by atoms with Crippen molar-refractivity contribution in [3.8, 4) is 0 Å². The molecular formula is C19H26N4O. The largest absolute Gasteiger partial charge is 0.321 e. The number of imidazole rings is 1. The molecule has 1 aliphatic carbocycles. The third-order valence-electron chi connectivity index (χ3n) is 4.97. The first-order valence-electron chi connectivity index (χ1n) is 8.67. The third kappa shape index (κ3) is 3.83. The summed E-state index contributed by atoms with van der Waals surface area (Å²) in [5.74, 6) is 0.632. The molecule has 1 aliphatic rings. The van der Waals surface area contributed by atoms with Crippen LogP contribution < -0.4 is 5.43 Å². The topological polar surface area (TPSA) is 59.3 Å². The maximum atomic E-state index is 12.2. The van der Waals surface area contributed by atoms with Gasteiger partial charge in [0, 0.05) is 5.71 Å². The predicted molar refractivity (Wildman–Crippen MR) is 96.7 cm³/mol. The molecule has 1 fully saturated rings. The van der Waals surface area contributed by atoms with Crippen molar-refractivity contribution in [2.45, 2.75) is 53.0 Å². The number of hydrogen-bond acceptors (Lipinski definition) is 3. The highest BCUT2D eigenvalue weighted by atomic mass is 16.2. The summed E-state index contributed by atoms with van der Waals surface area (Å²) in [6, 6.07) is 7.80. The Morgan fingerprint density at radius 1 is 1.29 bits per heavy atom. The van der Waals surface area contributed by atoms with Crippen molar-refractivity contribution in [1.82, 2.24) is 15.0 Å². The molecule has 0 aliphatic heterocycles. The van der Waals surface area contributed by atoms with E-state index >= 15 is 0 Å². The number of carbonyl (C=O) groups excluding carboxylic acids is 1. The van der Waals surface area contributed by atoms with Crippen LogP contribution in [0.25, 0.3) is 11.0 Å². The van der Waals surface area contributed by atoms with Gasteiger partial charge in [-0.3, -0.25) is 4.79 Å². The van der Waals surface area contributed by atoms with Gasteiger partial charge in [-0.05, 0) is 49.1 Å². The maximum Gasteiger partial charge on any atom is 0.260 e. The highest BCUT2D eigenvalue weighted by molar-refractivity contribution is 5.87. The predicted octanol–water partition coefficient (Wildman–Crippen LogP) is 3.74. The van der Waals surface area contributed by atoms with Crippen LogP contribution in [0.15, 0.2) is 35.7 Å². The summed E-state index contributed by atoms with van der Waals surface area (Å²) < 4.78 is 1.85. The van der Waals surface area contributed by atoms with Gasteiger partial charge < -0.3 is 4.57 Å². The first-order valence-corrected chi connectivity index (χ1v) is 8.67. The molecule has 1 aromatic heterocycles. The second-order valence-corrected chi connectivity index (χ2v) is 7.71. The lowest BCUT2D eigenvalue weighted by Crippen LogP contribution is -2.28. The standard InChI is InChI=1S/C19H26N4O/c1-19(2,3)14-8-10-15(11-9-14)21-22-18(24)12-23-13-20-16-6-4-5-7-17(16)23/h4-7,13-14H,8-12H2,1-3H3,(H,22,24). The molecule has 3 rings (SSSR count). The number of hydrazone groups is 1. The van der Waals surface area contributed by atoms with E-state index in [4.69, 9.17) is 0 Å². The Morgan fingerprint density at radius 2 is 2.00 bits per heavy atom. The van der Waals surface area contributed by atoms with Gasteiger partial charge in [0.1, 0.15) is 6.54 Å². The molecule has 0 saturated heterocycles. The molecule has 5 heteroatoms. The van der Waals surface area contributed by atoms with Crippen LogP contribution in [-0.2, 0) is 11.3 Å². The molecule has 0 spiro atoms. The molecule has 1 aromatic carbocycles. The monoisotopic (exact) mass is 326 g/mol. The van der Waals surface area contributed by atoms with Crippen LogP contribution in [0.1, 0.15) is 46.5 Å². The van der Waals surface area contributed by atoms with Gasteiger partial charge in [-0.2, -0.15) is 5.10 Å². The summed E-state index contributed by atoms with van der Waals surface area (Å²) in [7, 11) is 0. The third-order valence-corrected chi connectivity index (χ3v) is 4.97. The minimum Gasteiger partial charge on any atom is -0.321 e. The molecule has 24 heavy (non-hydrogen) atoms. The number of para-hydroxylation sites is 2. The zero-order chi connectivity index (χ0) is 17.2. The molecule has 0 unspecified atom stereocenters. The van der Waals surface area contributed by atoms with E-state index < -0.39 is 0 Å². The van der Waals surface area contributed by atoms with Crippen molar-refractivity contribution in [1.29, 1.82) is 0 Å². The lowest BCUT2D eigenvalue weighted by atomic mass is 9.72. The van der Waals surface area contributed by atoms with E-state index in [1.54, 1.807) is 6.33 Å². The first-order chi connectivity index (χ1) is 11.4. The molecule has 2 aromatic rings. The number of hydrogen-bond donors (Lipinski definition) is 1. The van der Waals surface area contributed by atoms with Crippen molar-refractivity contribution >= 4 is 22.7 Å². The van der Waals surface area contributed by atoms with Crippen LogP contribution in [0.4, 0.5) is 0 Å². The normalized spacial score (nSPS) is 18.6. The molecule has 0 atom stereocenters. The zero-order valence-electron chi connectivity index (χ0n) is 14.7. The molecule has 0 radical (unpaired) electrons. The average molecular weight is 326 g/mol. The van der Waals surface area contributed by atoms with Crippen LogP contribution in [0, 0.1) is 11.3 Å². The van der Waals surface area contributed by atoms with Crippen molar-refractivity contribution in [3.05, 3.63) is 30.6 Å². The van der Waals surface area contributed by atoms with E-state index in [0.717, 1.165) is 48.3 Å². The second kappa shape index (κ2) is 6.75. The van der Waals surface area contributed by atoms with Crippen LogP contribution in [0.5, 0.6) is 0 Å². The number of rotatable bonds is 3. The summed E-state index contributed by atoms with van der Waals surface area (Å²) in [5.41, 5.74) is 6.04.